The number of amides is 2. The van der Waals surface area contributed by atoms with Crippen LogP contribution >= 0.6 is 11.8 Å². The maximum Gasteiger partial charge on any atom is 0.253 e. The lowest BCUT2D eigenvalue weighted by molar-refractivity contribution is -0.116. The Bertz CT molecular complexity index is 608. The Hall–Kier alpha value is -1.93. The number of carbonyl (C=O) groups is 2. The van der Waals surface area contributed by atoms with Gasteiger partial charge < -0.3 is 24.6 Å². The fourth-order valence-corrected chi connectivity index (χ4v) is 2.66. The molecule has 0 unspecified atom stereocenters. The number of carbonyl (C=O) groups excluding carboxylic acids is 2. The first-order valence-electron chi connectivity index (χ1n) is 7.79. The van der Waals surface area contributed by atoms with E-state index in [4.69, 9.17) is 9.47 Å². The van der Waals surface area contributed by atoms with E-state index >= 15 is 0 Å². The summed E-state index contributed by atoms with van der Waals surface area (Å²) in [5.41, 5.74) is 0.844. The molecule has 0 saturated carbocycles. The summed E-state index contributed by atoms with van der Waals surface area (Å²) in [7, 11) is 8.34. The highest BCUT2D eigenvalue weighted by molar-refractivity contribution is 7.98. The molecule has 1 aromatic carbocycles. The van der Waals surface area contributed by atoms with Crippen molar-refractivity contribution < 1.29 is 19.1 Å². The van der Waals surface area contributed by atoms with E-state index in [-0.39, 0.29) is 18.4 Å². The van der Waals surface area contributed by atoms with E-state index in [0.29, 0.717) is 29.3 Å². The van der Waals surface area contributed by atoms with Crippen molar-refractivity contribution in [2.24, 2.45) is 0 Å². The number of thioether (sulfide) groups is 1. The molecule has 0 radical (unpaired) electrons. The number of benzene rings is 1. The second-order valence-corrected chi connectivity index (χ2v) is 6.75. The molecular weight excluding hydrogens is 342 g/mol. The third kappa shape index (κ3) is 6.13. The summed E-state index contributed by atoms with van der Waals surface area (Å²) >= 11 is 1.67. The third-order valence-corrected chi connectivity index (χ3v) is 4.03. The zero-order valence-corrected chi connectivity index (χ0v) is 16.5. The van der Waals surface area contributed by atoms with E-state index in [1.54, 1.807) is 54.8 Å². The number of hydrogen-bond donors (Lipinski definition) is 1. The summed E-state index contributed by atoms with van der Waals surface area (Å²) in [6.07, 6.45) is 1.99. The van der Waals surface area contributed by atoms with Crippen molar-refractivity contribution in [1.82, 2.24) is 9.80 Å². The molecular formula is C17H27N3O4S. The van der Waals surface area contributed by atoms with Gasteiger partial charge in [-0.1, -0.05) is 0 Å². The van der Waals surface area contributed by atoms with E-state index in [9.17, 15) is 9.59 Å². The molecule has 0 heterocycles. The van der Waals surface area contributed by atoms with E-state index < -0.39 is 0 Å². The third-order valence-electron chi connectivity index (χ3n) is 3.44. The SMILES string of the molecule is COc1cc(C(=O)N(C)CCSC)cc(NC(=O)CN(C)C)c1OC. The lowest BCUT2D eigenvalue weighted by atomic mass is 10.1. The van der Waals surface area contributed by atoms with Gasteiger partial charge in [0.05, 0.1) is 26.5 Å². The van der Waals surface area contributed by atoms with Gasteiger partial charge in [0.1, 0.15) is 0 Å². The number of methoxy groups -OCH3 is 2. The van der Waals surface area contributed by atoms with E-state index in [2.05, 4.69) is 5.32 Å². The minimum absolute atomic E-state index is 0.141. The van der Waals surface area contributed by atoms with Gasteiger partial charge in [0.15, 0.2) is 11.5 Å². The van der Waals surface area contributed by atoms with Crippen molar-refractivity contribution in [1.29, 1.82) is 0 Å². The molecule has 0 aliphatic rings. The summed E-state index contributed by atoms with van der Waals surface area (Å²) < 4.78 is 10.7. The smallest absolute Gasteiger partial charge is 0.253 e. The van der Waals surface area contributed by atoms with Crippen LogP contribution in [0.4, 0.5) is 5.69 Å². The fraction of sp³-hybridized carbons (Fsp3) is 0.529. The van der Waals surface area contributed by atoms with E-state index in [0.717, 1.165) is 5.75 Å². The molecule has 8 heteroatoms. The van der Waals surface area contributed by atoms with E-state index in [1.807, 2.05) is 6.26 Å². The van der Waals surface area contributed by atoms with Crippen LogP contribution in [-0.4, -0.2) is 82.1 Å². The summed E-state index contributed by atoms with van der Waals surface area (Å²) in [5, 5.41) is 2.78. The largest absolute Gasteiger partial charge is 0.493 e. The maximum atomic E-state index is 12.6. The number of likely N-dealkylation sites (N-methyl/N-ethyl adjacent to an activating group) is 1. The maximum absolute atomic E-state index is 12.6. The van der Waals surface area contributed by atoms with Crippen molar-refractivity contribution >= 4 is 29.3 Å². The number of nitrogens with zero attached hydrogens (tertiary/aromatic N) is 2. The molecule has 0 spiro atoms. The molecule has 0 aromatic heterocycles. The first kappa shape index (κ1) is 21.1. The number of nitrogens with one attached hydrogen (secondary N) is 1. The van der Waals surface area contributed by atoms with Crippen LogP contribution in [0.15, 0.2) is 12.1 Å². The van der Waals surface area contributed by atoms with Gasteiger partial charge in [0, 0.05) is 24.9 Å². The van der Waals surface area contributed by atoms with Crippen LogP contribution in [0.1, 0.15) is 10.4 Å². The second kappa shape index (κ2) is 10.1. The molecule has 0 aliphatic carbocycles. The van der Waals surface area contributed by atoms with Crippen LogP contribution in [0, 0.1) is 0 Å². The van der Waals surface area contributed by atoms with Gasteiger partial charge in [-0.3, -0.25) is 9.59 Å². The summed E-state index contributed by atoms with van der Waals surface area (Å²) in [6.45, 7) is 0.855. The molecule has 1 rings (SSSR count). The second-order valence-electron chi connectivity index (χ2n) is 5.76. The van der Waals surface area contributed by atoms with Crippen LogP contribution in [0.2, 0.25) is 0 Å². The molecule has 0 atom stereocenters. The van der Waals surface area contributed by atoms with Crippen molar-refractivity contribution in [2.45, 2.75) is 0 Å². The molecule has 1 N–H and O–H groups in total. The van der Waals surface area contributed by atoms with Crippen LogP contribution in [0.5, 0.6) is 11.5 Å². The zero-order valence-electron chi connectivity index (χ0n) is 15.7. The topological polar surface area (TPSA) is 71.1 Å². The minimum Gasteiger partial charge on any atom is -0.493 e. The average molecular weight is 369 g/mol. The molecule has 2 amide bonds. The van der Waals surface area contributed by atoms with Gasteiger partial charge in [-0.15, -0.1) is 0 Å². The summed E-state index contributed by atoms with van der Waals surface area (Å²) in [5.74, 6) is 1.29. The van der Waals surface area contributed by atoms with Gasteiger partial charge >= 0.3 is 0 Å². The Morgan fingerprint density at radius 2 is 1.84 bits per heavy atom. The summed E-state index contributed by atoms with van der Waals surface area (Å²) in [4.78, 5) is 28.1. The van der Waals surface area contributed by atoms with Crippen LogP contribution in [0.3, 0.4) is 0 Å². The molecule has 0 fully saturated rings. The Morgan fingerprint density at radius 1 is 1.16 bits per heavy atom. The number of rotatable bonds is 9. The lowest BCUT2D eigenvalue weighted by Crippen LogP contribution is -2.29. The Labute approximate surface area is 153 Å². The highest BCUT2D eigenvalue weighted by Crippen LogP contribution is 2.37. The normalized spacial score (nSPS) is 10.5. The predicted octanol–water partition coefficient (Wildman–Crippen LogP) is 1.64. The lowest BCUT2D eigenvalue weighted by Gasteiger charge is -2.20. The quantitative estimate of drug-likeness (QED) is 0.714. The number of anilines is 1. The molecule has 1 aromatic rings. The molecule has 7 nitrogen and oxygen atoms in total. The highest BCUT2D eigenvalue weighted by atomic mass is 32.2. The molecule has 0 saturated heterocycles. The van der Waals surface area contributed by atoms with Crippen molar-refractivity contribution in [2.75, 3.05) is 65.8 Å². The number of hydrogen-bond acceptors (Lipinski definition) is 6. The van der Waals surface area contributed by atoms with Gasteiger partial charge in [0.2, 0.25) is 5.91 Å². The van der Waals surface area contributed by atoms with Gasteiger partial charge in [-0.2, -0.15) is 11.8 Å². The van der Waals surface area contributed by atoms with Crippen molar-refractivity contribution in [3.05, 3.63) is 17.7 Å². The molecule has 0 aliphatic heterocycles. The monoisotopic (exact) mass is 369 g/mol. The minimum atomic E-state index is -0.203. The average Bonchev–Trinajstić information content (AvgIpc) is 2.57. The van der Waals surface area contributed by atoms with Gasteiger partial charge in [-0.05, 0) is 32.5 Å². The zero-order chi connectivity index (χ0) is 19.0. The molecule has 140 valence electrons. The van der Waals surface area contributed by atoms with Gasteiger partial charge in [0.25, 0.3) is 5.91 Å². The van der Waals surface area contributed by atoms with Crippen LogP contribution in [-0.2, 0) is 4.79 Å². The van der Waals surface area contributed by atoms with E-state index in [1.165, 1.54) is 14.2 Å². The highest BCUT2D eigenvalue weighted by Gasteiger charge is 2.20. The first-order chi connectivity index (χ1) is 11.8. The number of ether oxygens (including phenoxy) is 2. The van der Waals surface area contributed by atoms with Crippen LogP contribution in [0.25, 0.3) is 0 Å². The van der Waals surface area contributed by atoms with Crippen LogP contribution < -0.4 is 14.8 Å². The Morgan fingerprint density at radius 3 is 2.36 bits per heavy atom. The Balaban J connectivity index is 3.17. The fourth-order valence-electron chi connectivity index (χ4n) is 2.21. The summed E-state index contributed by atoms with van der Waals surface area (Å²) in [6, 6.07) is 3.24. The van der Waals surface area contributed by atoms with Gasteiger partial charge in [-0.25, -0.2) is 0 Å². The molecule has 0 bridgehead atoms. The first-order valence-corrected chi connectivity index (χ1v) is 9.18. The molecule has 25 heavy (non-hydrogen) atoms. The standard InChI is InChI=1S/C17H27N3O4S/c1-19(2)11-15(21)18-13-9-12(10-14(23-4)16(13)24-5)17(22)20(3)7-8-25-6/h9-10H,7-8,11H2,1-6H3,(H,18,21). The van der Waals surface area contributed by atoms with Crippen molar-refractivity contribution in [3.8, 4) is 11.5 Å². The predicted molar refractivity (Wildman–Crippen MR) is 102 cm³/mol. The Kier molecular flexibility index (Phi) is 8.57. The van der Waals surface area contributed by atoms with Crippen molar-refractivity contribution in [3.63, 3.8) is 0 Å².